The zero-order chi connectivity index (χ0) is 21.8. The molecule has 1 N–H and O–H groups in total. The van der Waals surface area contributed by atoms with Crippen molar-refractivity contribution >= 4 is 28.6 Å². The van der Waals surface area contributed by atoms with Crippen LogP contribution in [0, 0.1) is 0 Å². The molecule has 160 valence electrons. The molecule has 0 saturated heterocycles. The molecule has 0 saturated carbocycles. The number of aromatic amines is 1. The Balaban J connectivity index is 1.83. The number of hydrogen-bond donors (Lipinski definition) is 1. The molecule has 2 aromatic heterocycles. The maximum Gasteiger partial charge on any atom is 0.319 e. The number of benzene rings is 2. The summed E-state index contributed by atoms with van der Waals surface area (Å²) in [6.07, 6.45) is 2.56. The zero-order valence-electron chi connectivity index (χ0n) is 17.7. The number of methoxy groups -OCH3 is 1. The Morgan fingerprint density at radius 2 is 1.90 bits per heavy atom. The number of esters is 1. The second kappa shape index (κ2) is 9.26. The lowest BCUT2D eigenvalue weighted by Crippen LogP contribution is -2.18. The second-order valence-corrected chi connectivity index (χ2v) is 8.02. The van der Waals surface area contributed by atoms with E-state index in [2.05, 4.69) is 21.2 Å². The van der Waals surface area contributed by atoms with Gasteiger partial charge in [0.25, 0.3) is 0 Å². The van der Waals surface area contributed by atoms with E-state index >= 15 is 0 Å². The van der Waals surface area contributed by atoms with Gasteiger partial charge in [-0.2, -0.15) is 0 Å². The first kappa shape index (κ1) is 21.0. The van der Waals surface area contributed by atoms with Gasteiger partial charge in [-0.1, -0.05) is 36.9 Å². The minimum Gasteiger partial charge on any atom is -0.494 e. The number of nitrogens with one attached hydrogen (secondary N) is 1. The quantitative estimate of drug-likeness (QED) is 0.314. The topological polar surface area (TPSA) is 82.0 Å². The highest BCUT2D eigenvalue weighted by Crippen LogP contribution is 2.34. The molecule has 0 aliphatic heterocycles. The van der Waals surface area contributed by atoms with Crippen molar-refractivity contribution in [2.75, 3.05) is 13.7 Å². The first-order chi connectivity index (χ1) is 15.2. The van der Waals surface area contributed by atoms with E-state index in [1.807, 2.05) is 67.1 Å². The SMILES string of the molecule is CCOc1ccc(-n2c(SC(CC)C(=O)OC)nnc2-c2c[nH]c3ccccc23)cc1. The van der Waals surface area contributed by atoms with Crippen molar-refractivity contribution in [1.82, 2.24) is 19.7 Å². The maximum absolute atomic E-state index is 12.2. The third-order valence-electron chi connectivity index (χ3n) is 4.95. The summed E-state index contributed by atoms with van der Waals surface area (Å²) in [7, 11) is 1.40. The largest absolute Gasteiger partial charge is 0.494 e. The van der Waals surface area contributed by atoms with Crippen LogP contribution in [0.3, 0.4) is 0 Å². The van der Waals surface area contributed by atoms with E-state index < -0.39 is 0 Å². The smallest absolute Gasteiger partial charge is 0.319 e. The molecule has 4 aromatic rings. The minimum atomic E-state index is -0.369. The number of H-pyrrole nitrogens is 1. The van der Waals surface area contributed by atoms with Crippen molar-refractivity contribution in [3.8, 4) is 22.8 Å². The normalized spacial score (nSPS) is 12.1. The van der Waals surface area contributed by atoms with E-state index in [-0.39, 0.29) is 11.2 Å². The maximum atomic E-state index is 12.2. The third-order valence-corrected chi connectivity index (χ3v) is 6.24. The molecule has 1 atom stereocenters. The lowest BCUT2D eigenvalue weighted by Gasteiger charge is -2.14. The van der Waals surface area contributed by atoms with Gasteiger partial charge in [0.15, 0.2) is 11.0 Å². The number of hydrogen-bond acceptors (Lipinski definition) is 6. The van der Waals surface area contributed by atoms with Crippen LogP contribution in [0.1, 0.15) is 20.3 Å². The van der Waals surface area contributed by atoms with E-state index in [1.165, 1.54) is 18.9 Å². The van der Waals surface area contributed by atoms with Gasteiger partial charge in [0.2, 0.25) is 0 Å². The highest BCUT2D eigenvalue weighted by Gasteiger charge is 2.25. The van der Waals surface area contributed by atoms with Crippen molar-refractivity contribution in [1.29, 1.82) is 0 Å². The van der Waals surface area contributed by atoms with E-state index in [0.29, 0.717) is 24.0 Å². The van der Waals surface area contributed by atoms with Crippen LogP contribution in [0.25, 0.3) is 28.0 Å². The highest BCUT2D eigenvalue weighted by molar-refractivity contribution is 8.00. The monoisotopic (exact) mass is 436 g/mol. The summed E-state index contributed by atoms with van der Waals surface area (Å²) in [5, 5.41) is 10.3. The molecule has 0 aliphatic rings. The number of carbonyl (C=O) groups excluding carboxylic acids is 1. The fourth-order valence-electron chi connectivity index (χ4n) is 3.42. The molecule has 31 heavy (non-hydrogen) atoms. The molecule has 2 heterocycles. The van der Waals surface area contributed by atoms with Gasteiger partial charge in [-0.15, -0.1) is 10.2 Å². The van der Waals surface area contributed by atoms with Gasteiger partial charge in [-0.3, -0.25) is 9.36 Å². The number of para-hydroxylation sites is 1. The number of nitrogens with zero attached hydrogens (tertiary/aromatic N) is 3. The van der Waals surface area contributed by atoms with Crippen LogP contribution in [0.5, 0.6) is 5.75 Å². The van der Waals surface area contributed by atoms with Gasteiger partial charge in [-0.25, -0.2) is 0 Å². The third kappa shape index (κ3) is 4.16. The van der Waals surface area contributed by atoms with Crippen LogP contribution in [0.15, 0.2) is 59.9 Å². The number of rotatable bonds is 8. The summed E-state index contributed by atoms with van der Waals surface area (Å²) in [6.45, 7) is 4.51. The molecule has 2 aromatic carbocycles. The number of ether oxygens (including phenoxy) is 2. The van der Waals surface area contributed by atoms with E-state index in [1.54, 1.807) is 0 Å². The molecular formula is C23H24N4O3S. The first-order valence-electron chi connectivity index (χ1n) is 10.2. The van der Waals surface area contributed by atoms with Crippen LogP contribution in [0.2, 0.25) is 0 Å². The Hall–Kier alpha value is -3.26. The molecule has 4 rings (SSSR count). The average Bonchev–Trinajstić information content (AvgIpc) is 3.41. The van der Waals surface area contributed by atoms with Crippen LogP contribution < -0.4 is 4.74 Å². The molecule has 7 nitrogen and oxygen atoms in total. The molecule has 8 heteroatoms. The Morgan fingerprint density at radius 1 is 1.13 bits per heavy atom. The van der Waals surface area contributed by atoms with Gasteiger partial charge in [0.05, 0.1) is 13.7 Å². The minimum absolute atomic E-state index is 0.276. The standard InChI is InChI=1S/C23H24N4O3S/c1-4-20(22(28)29-3)31-23-26-25-21(18-14-24-19-9-7-6-8-17(18)19)27(23)15-10-12-16(13-11-15)30-5-2/h6-14,20,24H,4-5H2,1-3H3. The van der Waals surface area contributed by atoms with Crippen LogP contribution >= 0.6 is 11.8 Å². The lowest BCUT2D eigenvalue weighted by atomic mass is 10.1. The Labute approximate surface area is 184 Å². The number of carbonyl (C=O) groups is 1. The van der Waals surface area contributed by atoms with Crippen LogP contribution in [-0.2, 0) is 9.53 Å². The van der Waals surface area contributed by atoms with Gasteiger partial charge in [-0.05, 0) is 43.7 Å². The molecule has 0 amide bonds. The summed E-state index contributed by atoms with van der Waals surface area (Å²) in [5.41, 5.74) is 2.85. The first-order valence-corrected chi connectivity index (χ1v) is 11.0. The summed E-state index contributed by atoms with van der Waals surface area (Å²) in [4.78, 5) is 15.5. The van der Waals surface area contributed by atoms with Crippen molar-refractivity contribution in [2.24, 2.45) is 0 Å². The number of fused-ring (bicyclic) bond motifs is 1. The molecular weight excluding hydrogens is 412 g/mol. The fraction of sp³-hybridized carbons (Fsp3) is 0.261. The van der Waals surface area contributed by atoms with Crippen molar-refractivity contribution in [3.05, 3.63) is 54.7 Å². The number of aromatic nitrogens is 4. The van der Waals surface area contributed by atoms with E-state index in [0.717, 1.165) is 27.9 Å². The highest BCUT2D eigenvalue weighted by atomic mass is 32.2. The van der Waals surface area contributed by atoms with Gasteiger partial charge < -0.3 is 14.5 Å². The summed E-state index contributed by atoms with van der Waals surface area (Å²) in [5.74, 6) is 1.22. The molecule has 0 fully saturated rings. The summed E-state index contributed by atoms with van der Waals surface area (Å²) < 4.78 is 12.5. The van der Waals surface area contributed by atoms with Crippen molar-refractivity contribution < 1.29 is 14.3 Å². The van der Waals surface area contributed by atoms with E-state index in [9.17, 15) is 4.79 Å². The van der Waals surface area contributed by atoms with Crippen molar-refractivity contribution in [2.45, 2.75) is 30.7 Å². The average molecular weight is 437 g/mol. The second-order valence-electron chi connectivity index (χ2n) is 6.85. The van der Waals surface area contributed by atoms with E-state index in [4.69, 9.17) is 9.47 Å². The zero-order valence-corrected chi connectivity index (χ0v) is 18.5. The molecule has 0 radical (unpaired) electrons. The molecule has 0 aliphatic carbocycles. The van der Waals surface area contributed by atoms with Gasteiger partial charge in [0.1, 0.15) is 11.0 Å². The summed E-state index contributed by atoms with van der Waals surface area (Å²) in [6, 6.07) is 15.8. The predicted octanol–water partition coefficient (Wildman–Crippen LogP) is 4.86. The Kier molecular flexibility index (Phi) is 6.27. The Bertz CT molecular complexity index is 1180. The summed E-state index contributed by atoms with van der Waals surface area (Å²) >= 11 is 1.35. The number of thioether (sulfide) groups is 1. The Morgan fingerprint density at radius 3 is 2.61 bits per heavy atom. The molecule has 0 spiro atoms. The predicted molar refractivity (Wildman–Crippen MR) is 122 cm³/mol. The van der Waals surface area contributed by atoms with Crippen LogP contribution in [0.4, 0.5) is 0 Å². The van der Waals surface area contributed by atoms with Gasteiger partial charge in [0, 0.05) is 28.4 Å². The molecule has 0 bridgehead atoms. The lowest BCUT2D eigenvalue weighted by molar-refractivity contribution is -0.140. The fourth-order valence-corrected chi connectivity index (χ4v) is 4.42. The van der Waals surface area contributed by atoms with Gasteiger partial charge >= 0.3 is 5.97 Å². The van der Waals surface area contributed by atoms with Crippen molar-refractivity contribution in [3.63, 3.8) is 0 Å². The van der Waals surface area contributed by atoms with Crippen LogP contribution in [-0.4, -0.2) is 44.7 Å². The molecule has 1 unspecified atom stereocenters.